The van der Waals surface area contributed by atoms with Crippen LogP contribution in [0.25, 0.3) is 11.3 Å². The van der Waals surface area contributed by atoms with Crippen molar-refractivity contribution in [2.24, 2.45) is 0 Å². The molecule has 0 saturated carbocycles. The van der Waals surface area contributed by atoms with Crippen LogP contribution in [0.1, 0.15) is 13.8 Å². The van der Waals surface area contributed by atoms with Crippen molar-refractivity contribution in [3.63, 3.8) is 0 Å². The van der Waals surface area contributed by atoms with Gasteiger partial charge in [0.1, 0.15) is 0 Å². The Balaban J connectivity index is 2.22. The average Bonchev–Trinajstić information content (AvgIpc) is 2.65. The van der Waals surface area contributed by atoms with Gasteiger partial charge in [0.2, 0.25) is 0 Å². The van der Waals surface area contributed by atoms with Crippen molar-refractivity contribution in [1.29, 1.82) is 0 Å². The fraction of sp³-hybridized carbons (Fsp3) is 0.250. The van der Waals surface area contributed by atoms with Gasteiger partial charge in [0.05, 0.1) is 5.69 Å². The molecule has 16 heavy (non-hydrogen) atoms. The summed E-state index contributed by atoms with van der Waals surface area (Å²) in [5.41, 5.74) is 1.74. The Morgan fingerprint density at radius 3 is 2.31 bits per heavy atom. The highest BCUT2D eigenvalue weighted by atomic mass is 32.2. The molecule has 84 valence electrons. The van der Waals surface area contributed by atoms with Gasteiger partial charge >= 0.3 is 0 Å². The van der Waals surface area contributed by atoms with E-state index < -0.39 is 0 Å². The first-order valence-corrected chi connectivity index (χ1v) is 6.08. The fourth-order valence-corrected chi connectivity index (χ4v) is 2.31. The molecule has 0 aliphatic rings. The average molecular weight is 234 g/mol. The monoisotopic (exact) mass is 234 g/mol. The van der Waals surface area contributed by atoms with Crippen LogP contribution in [0.5, 0.6) is 0 Å². The number of benzene rings is 1. The van der Waals surface area contributed by atoms with Gasteiger partial charge in [0, 0.05) is 16.2 Å². The molecule has 0 amide bonds. The number of rotatable bonds is 3. The van der Waals surface area contributed by atoms with Gasteiger partial charge in [-0.3, -0.25) is 15.0 Å². The van der Waals surface area contributed by atoms with Crippen molar-refractivity contribution in [1.82, 2.24) is 10.2 Å². The van der Waals surface area contributed by atoms with Crippen LogP contribution in [0.15, 0.2) is 40.0 Å². The summed E-state index contributed by atoms with van der Waals surface area (Å²) >= 11 is 1.83. The molecule has 0 aliphatic heterocycles. The summed E-state index contributed by atoms with van der Waals surface area (Å²) in [6.07, 6.45) is 0. The van der Waals surface area contributed by atoms with Crippen LogP contribution in [-0.4, -0.2) is 15.4 Å². The molecule has 0 unspecified atom stereocenters. The van der Waals surface area contributed by atoms with E-state index in [1.54, 1.807) is 6.07 Å². The second kappa shape index (κ2) is 4.61. The Kier molecular flexibility index (Phi) is 3.19. The van der Waals surface area contributed by atoms with Crippen LogP contribution in [-0.2, 0) is 0 Å². The zero-order chi connectivity index (χ0) is 11.5. The molecule has 1 aromatic heterocycles. The maximum Gasteiger partial charge on any atom is 0.264 e. The van der Waals surface area contributed by atoms with E-state index in [9.17, 15) is 4.79 Å². The van der Waals surface area contributed by atoms with Crippen LogP contribution in [0.3, 0.4) is 0 Å². The van der Waals surface area contributed by atoms with E-state index in [2.05, 4.69) is 36.2 Å². The molecular formula is C12H14N2OS. The van der Waals surface area contributed by atoms with E-state index in [1.165, 1.54) is 4.90 Å². The molecule has 1 aromatic carbocycles. The quantitative estimate of drug-likeness (QED) is 0.802. The Bertz CT molecular complexity index is 510. The first-order chi connectivity index (χ1) is 7.65. The summed E-state index contributed by atoms with van der Waals surface area (Å²) in [6.45, 7) is 4.34. The van der Waals surface area contributed by atoms with Gasteiger partial charge in [0.15, 0.2) is 0 Å². The molecule has 2 N–H and O–H groups in total. The van der Waals surface area contributed by atoms with Crippen molar-refractivity contribution in [3.8, 4) is 11.3 Å². The lowest BCUT2D eigenvalue weighted by Crippen LogP contribution is -1.93. The van der Waals surface area contributed by atoms with E-state index in [0.29, 0.717) is 5.25 Å². The van der Waals surface area contributed by atoms with E-state index in [-0.39, 0.29) is 5.56 Å². The highest BCUT2D eigenvalue weighted by molar-refractivity contribution is 7.99. The summed E-state index contributed by atoms with van der Waals surface area (Å²) in [5, 5.41) is 5.95. The Morgan fingerprint density at radius 2 is 1.81 bits per heavy atom. The summed E-state index contributed by atoms with van der Waals surface area (Å²) in [5.74, 6) is 0. The van der Waals surface area contributed by atoms with Gasteiger partial charge in [-0.25, -0.2) is 0 Å². The number of hydrogen-bond donors (Lipinski definition) is 2. The second-order valence-corrected chi connectivity index (χ2v) is 5.51. The van der Waals surface area contributed by atoms with Crippen molar-refractivity contribution in [2.45, 2.75) is 24.0 Å². The minimum Gasteiger partial charge on any atom is -0.298 e. The maximum absolute atomic E-state index is 11.0. The zero-order valence-electron chi connectivity index (χ0n) is 9.28. The molecule has 2 aromatic rings. The van der Waals surface area contributed by atoms with Crippen LogP contribution in [0.2, 0.25) is 0 Å². The maximum atomic E-state index is 11.0. The number of hydrogen-bond acceptors (Lipinski definition) is 2. The molecule has 0 aliphatic carbocycles. The van der Waals surface area contributed by atoms with Crippen LogP contribution in [0.4, 0.5) is 0 Å². The molecule has 0 saturated heterocycles. The van der Waals surface area contributed by atoms with Gasteiger partial charge in [-0.1, -0.05) is 26.0 Å². The third-order valence-electron chi connectivity index (χ3n) is 2.13. The van der Waals surface area contributed by atoms with E-state index in [0.717, 1.165) is 11.3 Å². The number of H-pyrrole nitrogens is 2. The number of thioether (sulfide) groups is 1. The summed E-state index contributed by atoms with van der Waals surface area (Å²) < 4.78 is 0. The summed E-state index contributed by atoms with van der Waals surface area (Å²) in [7, 11) is 0. The molecule has 0 fully saturated rings. The SMILES string of the molecule is CC(C)Sc1ccc(-c2cc(=O)[nH][nH]2)cc1. The van der Waals surface area contributed by atoms with E-state index >= 15 is 0 Å². The van der Waals surface area contributed by atoms with Gasteiger partial charge in [-0.05, 0) is 17.7 Å². The Morgan fingerprint density at radius 1 is 1.12 bits per heavy atom. The standard InChI is InChI=1S/C12H14N2OS/c1-8(2)16-10-5-3-9(4-6-10)11-7-12(15)14-13-11/h3-8H,1-2H3,(H2,13,14,15). The number of aromatic nitrogens is 2. The van der Waals surface area contributed by atoms with Crippen LogP contribution < -0.4 is 5.56 Å². The largest absolute Gasteiger partial charge is 0.298 e. The number of nitrogens with one attached hydrogen (secondary N) is 2. The van der Waals surface area contributed by atoms with Crippen molar-refractivity contribution in [3.05, 3.63) is 40.7 Å². The first-order valence-electron chi connectivity index (χ1n) is 5.20. The van der Waals surface area contributed by atoms with Crippen molar-refractivity contribution in [2.75, 3.05) is 0 Å². The van der Waals surface area contributed by atoms with Gasteiger partial charge in [0.25, 0.3) is 5.56 Å². The van der Waals surface area contributed by atoms with E-state index in [1.807, 2.05) is 23.9 Å². The minimum absolute atomic E-state index is 0.101. The van der Waals surface area contributed by atoms with Gasteiger partial charge < -0.3 is 0 Å². The molecule has 1 heterocycles. The molecule has 0 spiro atoms. The summed E-state index contributed by atoms with van der Waals surface area (Å²) in [4.78, 5) is 12.2. The highest BCUT2D eigenvalue weighted by Crippen LogP contribution is 2.25. The van der Waals surface area contributed by atoms with Gasteiger partial charge in [-0.15, -0.1) is 11.8 Å². The van der Waals surface area contributed by atoms with E-state index in [4.69, 9.17) is 0 Å². The fourth-order valence-electron chi connectivity index (χ4n) is 1.47. The molecule has 2 rings (SSSR count). The number of aromatic amines is 2. The molecular weight excluding hydrogens is 220 g/mol. The Hall–Kier alpha value is -1.42. The van der Waals surface area contributed by atoms with Crippen LogP contribution >= 0.6 is 11.8 Å². The smallest absolute Gasteiger partial charge is 0.264 e. The van der Waals surface area contributed by atoms with Crippen LogP contribution in [0, 0.1) is 0 Å². The summed E-state index contributed by atoms with van der Waals surface area (Å²) in [6, 6.07) is 9.74. The predicted octanol–water partition coefficient (Wildman–Crippen LogP) is 2.87. The van der Waals surface area contributed by atoms with Crippen molar-refractivity contribution >= 4 is 11.8 Å². The van der Waals surface area contributed by atoms with Gasteiger partial charge in [-0.2, -0.15) is 0 Å². The third-order valence-corrected chi connectivity index (χ3v) is 3.15. The predicted molar refractivity (Wildman–Crippen MR) is 67.8 cm³/mol. The lowest BCUT2D eigenvalue weighted by Gasteiger charge is -2.05. The normalized spacial score (nSPS) is 10.9. The first kappa shape index (κ1) is 11.1. The Labute approximate surface area is 98.3 Å². The zero-order valence-corrected chi connectivity index (χ0v) is 10.1. The topological polar surface area (TPSA) is 48.6 Å². The molecule has 0 atom stereocenters. The minimum atomic E-state index is -0.101. The second-order valence-electron chi connectivity index (χ2n) is 3.86. The van der Waals surface area contributed by atoms with Crippen molar-refractivity contribution < 1.29 is 0 Å². The highest BCUT2D eigenvalue weighted by Gasteiger charge is 2.02. The lowest BCUT2D eigenvalue weighted by atomic mass is 10.2. The molecule has 0 radical (unpaired) electrons. The lowest BCUT2D eigenvalue weighted by molar-refractivity contribution is 1.06. The molecule has 3 nitrogen and oxygen atoms in total. The third kappa shape index (κ3) is 2.58. The molecule has 4 heteroatoms. The molecule has 0 bridgehead atoms.